The highest BCUT2D eigenvalue weighted by atomic mass is 35.5. The second-order valence-corrected chi connectivity index (χ2v) is 7.94. The zero-order chi connectivity index (χ0) is 21.4. The van der Waals surface area contributed by atoms with E-state index in [2.05, 4.69) is 27.8 Å². The van der Waals surface area contributed by atoms with Gasteiger partial charge in [-0.3, -0.25) is 9.78 Å². The van der Waals surface area contributed by atoms with E-state index in [4.69, 9.17) is 4.74 Å². The number of nitrogens with zero attached hydrogens (tertiary/aromatic N) is 4. The van der Waals surface area contributed by atoms with Crippen LogP contribution in [0.15, 0.2) is 53.6 Å². The molecule has 0 aliphatic heterocycles. The molecule has 0 atom stereocenters. The summed E-state index contributed by atoms with van der Waals surface area (Å²) in [4.78, 5) is 16.7. The van der Waals surface area contributed by atoms with Gasteiger partial charge < -0.3 is 9.30 Å². The van der Waals surface area contributed by atoms with Crippen LogP contribution in [-0.4, -0.2) is 19.3 Å². The third kappa shape index (κ3) is 4.12. The molecule has 0 saturated heterocycles. The number of benzene rings is 1. The molecule has 0 spiro atoms. The van der Waals surface area contributed by atoms with Crippen molar-refractivity contribution in [3.63, 3.8) is 0 Å². The van der Waals surface area contributed by atoms with Gasteiger partial charge in [0.2, 0.25) is 0 Å². The number of ether oxygens (including phenoxy) is 1. The standard InChI is InChI=1S/C24H23FN4O2.ClH/c1-28-22-6-4-2-3-5-20(22)21-10-9-18(11-23(21)28)29-24(30)12-19(14-27-29)31-15-17-8-7-16(25)13-26-17;/h7-14H,2-6,15H2,1H3;1H. The Labute approximate surface area is 191 Å². The van der Waals surface area contributed by atoms with Crippen LogP contribution in [0.2, 0.25) is 0 Å². The third-order valence-electron chi connectivity index (χ3n) is 5.96. The number of halogens is 2. The Kier molecular flexibility index (Phi) is 6.28. The van der Waals surface area contributed by atoms with Gasteiger partial charge in [-0.05, 0) is 55.5 Å². The smallest absolute Gasteiger partial charge is 0.275 e. The first-order valence-electron chi connectivity index (χ1n) is 10.5. The van der Waals surface area contributed by atoms with Crippen LogP contribution < -0.4 is 10.3 Å². The van der Waals surface area contributed by atoms with Crippen molar-refractivity contribution in [2.24, 2.45) is 7.05 Å². The molecule has 166 valence electrons. The molecule has 1 aliphatic rings. The van der Waals surface area contributed by atoms with Gasteiger partial charge in [0.1, 0.15) is 18.2 Å². The predicted octanol–water partition coefficient (Wildman–Crippen LogP) is 4.53. The quantitative estimate of drug-likeness (QED) is 0.425. The zero-order valence-corrected chi connectivity index (χ0v) is 18.6. The number of pyridine rings is 1. The third-order valence-corrected chi connectivity index (χ3v) is 5.96. The van der Waals surface area contributed by atoms with E-state index in [0.717, 1.165) is 30.2 Å². The maximum Gasteiger partial charge on any atom is 0.275 e. The minimum atomic E-state index is -0.403. The van der Waals surface area contributed by atoms with Crippen molar-refractivity contribution >= 4 is 23.3 Å². The average Bonchev–Trinajstić information content (AvgIpc) is 2.93. The maximum absolute atomic E-state index is 13.0. The van der Waals surface area contributed by atoms with Crippen LogP contribution in [0.4, 0.5) is 4.39 Å². The maximum atomic E-state index is 13.0. The molecule has 32 heavy (non-hydrogen) atoms. The van der Waals surface area contributed by atoms with E-state index in [1.165, 1.54) is 58.9 Å². The Hall–Kier alpha value is -3.19. The minimum absolute atomic E-state index is 0. The van der Waals surface area contributed by atoms with Gasteiger partial charge >= 0.3 is 0 Å². The van der Waals surface area contributed by atoms with E-state index in [0.29, 0.717) is 11.4 Å². The van der Waals surface area contributed by atoms with Crippen molar-refractivity contribution < 1.29 is 9.13 Å². The Morgan fingerprint density at radius 2 is 1.91 bits per heavy atom. The Morgan fingerprint density at radius 1 is 1.06 bits per heavy atom. The van der Waals surface area contributed by atoms with E-state index in [-0.39, 0.29) is 24.6 Å². The minimum Gasteiger partial charge on any atom is -0.485 e. The monoisotopic (exact) mass is 454 g/mol. The fourth-order valence-electron chi connectivity index (χ4n) is 4.37. The first-order chi connectivity index (χ1) is 15.1. The Balaban J connectivity index is 0.00000245. The van der Waals surface area contributed by atoms with Gasteiger partial charge in [-0.15, -0.1) is 12.4 Å². The summed E-state index contributed by atoms with van der Waals surface area (Å²) < 4.78 is 22.2. The summed E-state index contributed by atoms with van der Waals surface area (Å²) in [6.07, 6.45) is 8.58. The van der Waals surface area contributed by atoms with Gasteiger partial charge in [0, 0.05) is 24.2 Å². The molecule has 5 rings (SSSR count). The summed E-state index contributed by atoms with van der Waals surface area (Å²) in [5.74, 6) is -0.0568. The predicted molar refractivity (Wildman–Crippen MR) is 123 cm³/mol. The van der Waals surface area contributed by atoms with E-state index in [9.17, 15) is 9.18 Å². The highest BCUT2D eigenvalue weighted by Crippen LogP contribution is 2.31. The van der Waals surface area contributed by atoms with Gasteiger partial charge in [0.05, 0.1) is 29.3 Å². The fraction of sp³-hybridized carbons (Fsp3) is 0.292. The Morgan fingerprint density at radius 3 is 2.69 bits per heavy atom. The Bertz CT molecular complexity index is 1310. The first kappa shape index (κ1) is 22.0. The molecule has 0 radical (unpaired) electrons. The van der Waals surface area contributed by atoms with Gasteiger partial charge in [-0.25, -0.2) is 4.39 Å². The molecule has 6 nitrogen and oxygen atoms in total. The molecule has 0 bridgehead atoms. The van der Waals surface area contributed by atoms with Gasteiger partial charge in [-0.1, -0.05) is 12.5 Å². The van der Waals surface area contributed by atoms with Crippen LogP contribution in [0, 0.1) is 5.82 Å². The number of hydrogen-bond donors (Lipinski definition) is 0. The molecule has 1 aromatic carbocycles. The van der Waals surface area contributed by atoms with Crippen LogP contribution in [0.3, 0.4) is 0 Å². The summed E-state index contributed by atoms with van der Waals surface area (Å²) in [5.41, 5.74) is 4.99. The SMILES string of the molecule is Cl.Cn1c2c(c3ccc(-n4ncc(OCc5ccc(F)cn5)cc4=O)cc31)CCCCC2. The molecular weight excluding hydrogens is 431 g/mol. The largest absolute Gasteiger partial charge is 0.485 e. The molecule has 1 aliphatic carbocycles. The molecule has 8 heteroatoms. The summed E-state index contributed by atoms with van der Waals surface area (Å²) in [5, 5.41) is 5.56. The normalized spacial score (nSPS) is 13.3. The number of hydrogen-bond acceptors (Lipinski definition) is 4. The van der Waals surface area contributed by atoms with Gasteiger partial charge in [-0.2, -0.15) is 9.78 Å². The van der Waals surface area contributed by atoms with E-state index in [1.807, 2.05) is 12.1 Å². The van der Waals surface area contributed by atoms with E-state index >= 15 is 0 Å². The molecule has 0 amide bonds. The van der Waals surface area contributed by atoms with Crippen LogP contribution in [0.25, 0.3) is 16.6 Å². The van der Waals surface area contributed by atoms with Crippen LogP contribution >= 0.6 is 12.4 Å². The second-order valence-electron chi connectivity index (χ2n) is 7.94. The molecular formula is C24H24ClFN4O2. The molecule has 3 heterocycles. The molecule has 3 aromatic heterocycles. The van der Waals surface area contributed by atoms with Crippen LogP contribution in [0.5, 0.6) is 5.75 Å². The molecule has 0 unspecified atom stereocenters. The van der Waals surface area contributed by atoms with Crippen LogP contribution in [-0.2, 0) is 26.5 Å². The highest BCUT2D eigenvalue weighted by Gasteiger charge is 2.18. The van der Waals surface area contributed by atoms with E-state index in [1.54, 1.807) is 6.07 Å². The molecule has 0 saturated carbocycles. The number of aryl methyl sites for hydroxylation is 2. The number of aromatic nitrogens is 4. The second kappa shape index (κ2) is 9.12. The first-order valence-corrected chi connectivity index (χ1v) is 10.5. The lowest BCUT2D eigenvalue weighted by molar-refractivity contribution is 0.298. The van der Waals surface area contributed by atoms with Gasteiger partial charge in [0.15, 0.2) is 0 Å². The number of rotatable bonds is 4. The summed E-state index contributed by atoms with van der Waals surface area (Å²) >= 11 is 0. The lowest BCUT2D eigenvalue weighted by Gasteiger charge is -2.09. The van der Waals surface area contributed by atoms with Gasteiger partial charge in [0.25, 0.3) is 5.56 Å². The molecule has 0 fully saturated rings. The molecule has 4 aromatic rings. The highest BCUT2D eigenvalue weighted by molar-refractivity contribution is 5.87. The van der Waals surface area contributed by atoms with Crippen molar-refractivity contribution in [1.29, 1.82) is 0 Å². The van der Waals surface area contributed by atoms with Crippen molar-refractivity contribution in [1.82, 2.24) is 19.3 Å². The lowest BCUT2D eigenvalue weighted by atomic mass is 10.1. The summed E-state index contributed by atoms with van der Waals surface area (Å²) in [6, 6.07) is 10.3. The van der Waals surface area contributed by atoms with E-state index < -0.39 is 5.82 Å². The van der Waals surface area contributed by atoms with Crippen molar-refractivity contribution in [2.75, 3.05) is 0 Å². The number of fused-ring (bicyclic) bond motifs is 3. The molecule has 0 N–H and O–H groups in total. The average molecular weight is 455 g/mol. The summed E-state index contributed by atoms with van der Waals surface area (Å²) in [6.45, 7) is 0.131. The van der Waals surface area contributed by atoms with Crippen molar-refractivity contribution in [3.8, 4) is 11.4 Å². The van der Waals surface area contributed by atoms with Crippen molar-refractivity contribution in [3.05, 3.63) is 81.9 Å². The van der Waals surface area contributed by atoms with Crippen molar-refractivity contribution in [2.45, 2.75) is 38.7 Å². The lowest BCUT2D eigenvalue weighted by Crippen LogP contribution is -2.20. The fourth-order valence-corrected chi connectivity index (χ4v) is 4.37. The topological polar surface area (TPSA) is 61.9 Å². The summed E-state index contributed by atoms with van der Waals surface area (Å²) in [7, 11) is 2.10. The van der Waals surface area contributed by atoms with Crippen LogP contribution in [0.1, 0.15) is 36.2 Å². The zero-order valence-electron chi connectivity index (χ0n) is 17.8.